The second-order valence-corrected chi connectivity index (χ2v) is 8.43. The molecule has 1 amide bonds. The Morgan fingerprint density at radius 2 is 2.03 bits per heavy atom. The summed E-state index contributed by atoms with van der Waals surface area (Å²) < 4.78 is 51.2. The first-order chi connectivity index (χ1) is 17.4. The lowest BCUT2D eigenvalue weighted by Gasteiger charge is -2.16. The van der Waals surface area contributed by atoms with E-state index < -0.39 is 23.7 Å². The summed E-state index contributed by atoms with van der Waals surface area (Å²) in [6, 6.07) is 2.11. The van der Waals surface area contributed by atoms with Gasteiger partial charge in [-0.25, -0.2) is 22.7 Å². The van der Waals surface area contributed by atoms with Gasteiger partial charge in [-0.05, 0) is 25.5 Å². The summed E-state index contributed by atoms with van der Waals surface area (Å²) in [6.45, 7) is 3.79. The van der Waals surface area contributed by atoms with Crippen LogP contribution in [-0.4, -0.2) is 56.6 Å². The number of halogens is 3. The third kappa shape index (κ3) is 4.28. The van der Waals surface area contributed by atoms with E-state index in [0.717, 1.165) is 23.6 Å². The fourth-order valence-electron chi connectivity index (χ4n) is 4.22. The van der Waals surface area contributed by atoms with Crippen molar-refractivity contribution in [2.45, 2.75) is 32.4 Å². The quantitative estimate of drug-likeness (QED) is 0.400. The molecule has 188 valence electrons. The number of carbonyl (C=O) groups is 1. The van der Waals surface area contributed by atoms with Gasteiger partial charge in [0.25, 0.3) is 12.3 Å². The molecule has 0 aliphatic carbocycles. The number of carbonyl (C=O) groups excluding carboxylic acids is 1. The number of rotatable bonds is 7. The van der Waals surface area contributed by atoms with E-state index in [-0.39, 0.29) is 28.4 Å². The van der Waals surface area contributed by atoms with E-state index in [2.05, 4.69) is 20.8 Å². The molecule has 1 aliphatic rings. The van der Waals surface area contributed by atoms with Crippen molar-refractivity contribution < 1.29 is 22.7 Å². The van der Waals surface area contributed by atoms with Gasteiger partial charge in [-0.1, -0.05) is 0 Å². The highest BCUT2D eigenvalue weighted by Gasteiger charge is 2.25. The van der Waals surface area contributed by atoms with Crippen molar-refractivity contribution in [2.75, 3.05) is 25.6 Å². The molecule has 4 heterocycles. The maximum Gasteiger partial charge on any atom is 0.266 e. The standard InChI is InChI=1S/C24H24F3N7O2/c1-3-33-10-14(8-29-33)19-11-34-23(32-22(19)31-15-4-5-36-12-15)18(9-30-34)16-6-13(24(35)28-2)7-17(20(16)25)21(26)27/h6-11,15,21H,3-5,12H2,1-2H3,(H,28,35)(H,31,32)/t15-/m0/s1. The SMILES string of the molecule is CCn1cc(-c2cn3ncc(-c4cc(C(=O)NC)cc(C(F)F)c4F)c3nc2N[C@H]2CCOC2)cn1. The Kier molecular flexibility index (Phi) is 6.35. The summed E-state index contributed by atoms with van der Waals surface area (Å²) in [5.41, 5.74) is 0.812. The highest BCUT2D eigenvalue weighted by molar-refractivity contribution is 5.96. The zero-order valence-electron chi connectivity index (χ0n) is 19.6. The van der Waals surface area contributed by atoms with Crippen LogP contribution in [0.15, 0.2) is 36.9 Å². The van der Waals surface area contributed by atoms with Crippen LogP contribution in [0.5, 0.6) is 0 Å². The molecule has 0 spiro atoms. The zero-order valence-corrected chi connectivity index (χ0v) is 19.6. The molecule has 2 N–H and O–H groups in total. The molecule has 4 aromatic rings. The maximum absolute atomic E-state index is 15.3. The van der Waals surface area contributed by atoms with Crippen LogP contribution >= 0.6 is 0 Å². The van der Waals surface area contributed by atoms with Crippen LogP contribution in [0.2, 0.25) is 0 Å². The summed E-state index contributed by atoms with van der Waals surface area (Å²) in [4.78, 5) is 17.0. The molecule has 1 aliphatic heterocycles. The number of amides is 1. The minimum atomic E-state index is -3.11. The van der Waals surface area contributed by atoms with Crippen molar-refractivity contribution in [3.63, 3.8) is 0 Å². The predicted molar refractivity (Wildman–Crippen MR) is 126 cm³/mol. The molecule has 0 unspecified atom stereocenters. The minimum absolute atomic E-state index is 0.0186. The van der Waals surface area contributed by atoms with E-state index in [4.69, 9.17) is 9.72 Å². The minimum Gasteiger partial charge on any atom is -0.379 e. The zero-order chi connectivity index (χ0) is 25.4. The lowest BCUT2D eigenvalue weighted by Crippen LogP contribution is -2.20. The van der Waals surface area contributed by atoms with Crippen LogP contribution in [-0.2, 0) is 11.3 Å². The number of ether oxygens (including phenoxy) is 1. The number of nitrogens with one attached hydrogen (secondary N) is 2. The number of anilines is 1. The lowest BCUT2D eigenvalue weighted by atomic mass is 10.00. The Morgan fingerprint density at radius 1 is 1.19 bits per heavy atom. The molecule has 36 heavy (non-hydrogen) atoms. The number of hydrogen-bond acceptors (Lipinski definition) is 6. The topological polar surface area (TPSA) is 98.4 Å². The third-order valence-corrected chi connectivity index (χ3v) is 6.15. The molecule has 12 heteroatoms. The Bertz CT molecular complexity index is 1430. The molecule has 5 rings (SSSR count). The van der Waals surface area contributed by atoms with Gasteiger partial charge in [0, 0.05) is 60.4 Å². The van der Waals surface area contributed by atoms with Gasteiger partial charge in [0.15, 0.2) is 5.65 Å². The van der Waals surface area contributed by atoms with Crippen molar-refractivity contribution in [1.82, 2.24) is 29.7 Å². The van der Waals surface area contributed by atoms with Gasteiger partial charge >= 0.3 is 0 Å². The van der Waals surface area contributed by atoms with Crippen molar-refractivity contribution in [1.29, 1.82) is 0 Å². The molecule has 0 bridgehead atoms. The van der Waals surface area contributed by atoms with Crippen LogP contribution in [0.25, 0.3) is 27.9 Å². The van der Waals surface area contributed by atoms with Crippen LogP contribution in [0.3, 0.4) is 0 Å². The summed E-state index contributed by atoms with van der Waals surface area (Å²) in [7, 11) is 1.37. The van der Waals surface area contributed by atoms with Crippen molar-refractivity contribution in [3.8, 4) is 22.3 Å². The number of fused-ring (bicyclic) bond motifs is 1. The molecule has 1 saturated heterocycles. The summed E-state index contributed by atoms with van der Waals surface area (Å²) in [6.07, 6.45) is 4.36. The van der Waals surface area contributed by atoms with Gasteiger partial charge in [-0.15, -0.1) is 0 Å². The van der Waals surface area contributed by atoms with E-state index >= 15 is 4.39 Å². The molecule has 1 atom stereocenters. The van der Waals surface area contributed by atoms with Crippen LogP contribution in [0.4, 0.5) is 19.0 Å². The van der Waals surface area contributed by atoms with Crippen molar-refractivity contribution >= 4 is 17.4 Å². The first-order valence-electron chi connectivity index (χ1n) is 11.5. The van der Waals surface area contributed by atoms with Crippen LogP contribution in [0, 0.1) is 5.82 Å². The maximum atomic E-state index is 15.3. The number of hydrogen-bond donors (Lipinski definition) is 2. The Balaban J connectivity index is 1.69. The number of nitrogens with zero attached hydrogens (tertiary/aromatic N) is 5. The van der Waals surface area contributed by atoms with E-state index in [0.29, 0.717) is 25.6 Å². The lowest BCUT2D eigenvalue weighted by molar-refractivity contribution is 0.0962. The Morgan fingerprint density at radius 3 is 2.69 bits per heavy atom. The number of aromatic nitrogens is 5. The highest BCUT2D eigenvalue weighted by atomic mass is 19.3. The van der Waals surface area contributed by atoms with Crippen LogP contribution < -0.4 is 10.6 Å². The van der Waals surface area contributed by atoms with Crippen molar-refractivity contribution in [2.24, 2.45) is 0 Å². The average Bonchev–Trinajstić information content (AvgIpc) is 3.64. The van der Waals surface area contributed by atoms with E-state index in [1.807, 2.05) is 13.1 Å². The smallest absolute Gasteiger partial charge is 0.266 e. The third-order valence-electron chi connectivity index (χ3n) is 6.15. The highest BCUT2D eigenvalue weighted by Crippen LogP contribution is 2.36. The van der Waals surface area contributed by atoms with Crippen LogP contribution in [0.1, 0.15) is 35.7 Å². The molecule has 9 nitrogen and oxygen atoms in total. The number of benzene rings is 1. The second kappa shape index (κ2) is 9.61. The molecular weight excluding hydrogens is 475 g/mol. The Labute approximate surface area is 204 Å². The molecule has 1 fully saturated rings. The molecular formula is C24H24F3N7O2. The van der Waals surface area contributed by atoms with Gasteiger partial charge in [0.05, 0.1) is 30.6 Å². The summed E-state index contributed by atoms with van der Waals surface area (Å²) in [5.74, 6) is -1.23. The molecule has 3 aromatic heterocycles. The monoisotopic (exact) mass is 499 g/mol. The Hall–Kier alpha value is -3.93. The molecule has 0 radical (unpaired) electrons. The fraction of sp³-hybridized carbons (Fsp3) is 0.333. The molecule has 0 saturated carbocycles. The van der Waals surface area contributed by atoms with E-state index in [9.17, 15) is 13.6 Å². The molecule has 1 aromatic carbocycles. The van der Waals surface area contributed by atoms with Gasteiger partial charge in [-0.3, -0.25) is 9.48 Å². The van der Waals surface area contributed by atoms with Crippen molar-refractivity contribution in [3.05, 3.63) is 53.9 Å². The first-order valence-corrected chi connectivity index (χ1v) is 11.5. The van der Waals surface area contributed by atoms with E-state index in [1.165, 1.54) is 23.8 Å². The van der Waals surface area contributed by atoms with Gasteiger partial charge in [0.2, 0.25) is 0 Å². The number of alkyl halides is 2. The summed E-state index contributed by atoms with van der Waals surface area (Å²) in [5, 5.41) is 14.4. The summed E-state index contributed by atoms with van der Waals surface area (Å²) >= 11 is 0. The average molecular weight is 499 g/mol. The second-order valence-electron chi connectivity index (χ2n) is 8.43. The normalized spacial score (nSPS) is 15.7. The van der Waals surface area contributed by atoms with Gasteiger partial charge < -0.3 is 15.4 Å². The van der Waals surface area contributed by atoms with Gasteiger partial charge in [-0.2, -0.15) is 10.2 Å². The largest absolute Gasteiger partial charge is 0.379 e. The first kappa shape index (κ1) is 23.8. The van der Waals surface area contributed by atoms with E-state index in [1.54, 1.807) is 17.1 Å². The number of aryl methyl sites for hydroxylation is 1. The van der Waals surface area contributed by atoms with Gasteiger partial charge in [0.1, 0.15) is 11.6 Å². The fourth-order valence-corrected chi connectivity index (χ4v) is 4.22. The predicted octanol–water partition coefficient (Wildman–Crippen LogP) is 3.92.